The molecule has 3 rings (SSSR count). The average molecular weight is 301 g/mol. The van der Waals surface area contributed by atoms with Crippen LogP contribution in [0.1, 0.15) is 43.4 Å². The minimum Gasteiger partial charge on any atom is -0.349 e. The van der Waals surface area contributed by atoms with E-state index < -0.39 is 0 Å². The minimum atomic E-state index is -0.00897. The summed E-state index contributed by atoms with van der Waals surface area (Å²) in [5.41, 5.74) is 3.15. The van der Waals surface area contributed by atoms with Crippen molar-refractivity contribution >= 4 is 17.5 Å². The standard InChI is InChI=1S/C17H23N3O2/c1-11(19-17(22)12-6-8-18-9-7-12)13-2-4-15-14(10-13)3-5-16(21)20-15/h2,4,10-12,18H,3,5-9H2,1H3,(H,19,22)(H,20,21). The maximum atomic E-state index is 12.3. The summed E-state index contributed by atoms with van der Waals surface area (Å²) in [6.45, 7) is 3.86. The molecule has 2 heterocycles. The number of carbonyl (C=O) groups excluding carboxylic acids is 2. The zero-order valence-electron chi connectivity index (χ0n) is 12.9. The van der Waals surface area contributed by atoms with E-state index in [4.69, 9.17) is 0 Å². The second-order valence-corrected chi connectivity index (χ2v) is 6.22. The molecule has 22 heavy (non-hydrogen) atoms. The van der Waals surface area contributed by atoms with Gasteiger partial charge in [-0.25, -0.2) is 0 Å². The van der Waals surface area contributed by atoms with Crippen molar-refractivity contribution in [2.45, 2.75) is 38.6 Å². The van der Waals surface area contributed by atoms with Gasteiger partial charge in [0, 0.05) is 18.0 Å². The van der Waals surface area contributed by atoms with Gasteiger partial charge in [0.25, 0.3) is 0 Å². The predicted molar refractivity (Wildman–Crippen MR) is 85.5 cm³/mol. The highest BCUT2D eigenvalue weighted by atomic mass is 16.2. The first-order chi connectivity index (χ1) is 10.6. The molecule has 0 saturated carbocycles. The van der Waals surface area contributed by atoms with E-state index in [9.17, 15) is 9.59 Å². The largest absolute Gasteiger partial charge is 0.349 e. The normalized spacial score (nSPS) is 20.0. The quantitative estimate of drug-likeness (QED) is 0.796. The van der Waals surface area contributed by atoms with Gasteiger partial charge < -0.3 is 16.0 Å². The Kier molecular flexibility index (Phi) is 4.43. The van der Waals surface area contributed by atoms with Gasteiger partial charge in [-0.1, -0.05) is 12.1 Å². The molecule has 0 aromatic heterocycles. The first kappa shape index (κ1) is 15.0. The molecule has 1 atom stereocenters. The van der Waals surface area contributed by atoms with Crippen LogP contribution in [0.2, 0.25) is 0 Å². The Bertz CT molecular complexity index is 579. The Hall–Kier alpha value is -1.88. The van der Waals surface area contributed by atoms with Crippen LogP contribution >= 0.6 is 0 Å². The summed E-state index contributed by atoms with van der Waals surface area (Å²) < 4.78 is 0. The van der Waals surface area contributed by atoms with Crippen LogP contribution in [-0.2, 0) is 16.0 Å². The van der Waals surface area contributed by atoms with Gasteiger partial charge in [-0.3, -0.25) is 9.59 Å². The van der Waals surface area contributed by atoms with E-state index in [-0.39, 0.29) is 23.8 Å². The lowest BCUT2D eigenvalue weighted by Gasteiger charge is -2.25. The van der Waals surface area contributed by atoms with E-state index in [2.05, 4.69) is 22.0 Å². The molecule has 0 radical (unpaired) electrons. The molecule has 0 bridgehead atoms. The van der Waals surface area contributed by atoms with Gasteiger partial charge in [0.15, 0.2) is 0 Å². The van der Waals surface area contributed by atoms with Crippen LogP contribution in [-0.4, -0.2) is 24.9 Å². The molecule has 1 unspecified atom stereocenters. The maximum absolute atomic E-state index is 12.3. The Balaban J connectivity index is 1.65. The van der Waals surface area contributed by atoms with E-state index in [0.29, 0.717) is 6.42 Å². The summed E-state index contributed by atoms with van der Waals surface area (Å²) in [5, 5.41) is 9.29. The molecule has 1 saturated heterocycles. The first-order valence-corrected chi connectivity index (χ1v) is 8.07. The van der Waals surface area contributed by atoms with E-state index in [1.807, 2.05) is 19.1 Å². The number of fused-ring (bicyclic) bond motifs is 1. The molecule has 3 N–H and O–H groups in total. The average Bonchev–Trinajstić information content (AvgIpc) is 2.55. The summed E-state index contributed by atoms with van der Waals surface area (Å²) >= 11 is 0. The highest BCUT2D eigenvalue weighted by molar-refractivity contribution is 5.93. The van der Waals surface area contributed by atoms with E-state index in [0.717, 1.165) is 49.2 Å². The summed E-state index contributed by atoms with van der Waals surface area (Å²) in [4.78, 5) is 23.7. The Morgan fingerprint density at radius 2 is 2.05 bits per heavy atom. The van der Waals surface area contributed by atoms with Crippen LogP contribution in [0.15, 0.2) is 18.2 Å². The predicted octanol–water partition coefficient (Wildman–Crippen LogP) is 1.75. The fraction of sp³-hybridized carbons (Fsp3) is 0.529. The van der Waals surface area contributed by atoms with Crippen molar-refractivity contribution < 1.29 is 9.59 Å². The van der Waals surface area contributed by atoms with Gasteiger partial charge in [0.2, 0.25) is 11.8 Å². The third kappa shape index (κ3) is 3.30. The number of amides is 2. The third-order valence-electron chi connectivity index (χ3n) is 4.59. The number of rotatable bonds is 3. The number of benzene rings is 1. The highest BCUT2D eigenvalue weighted by Gasteiger charge is 2.23. The lowest BCUT2D eigenvalue weighted by molar-refractivity contribution is -0.126. The summed E-state index contributed by atoms with van der Waals surface area (Å²) in [5.74, 6) is 0.355. The van der Waals surface area contributed by atoms with Gasteiger partial charge in [-0.2, -0.15) is 0 Å². The maximum Gasteiger partial charge on any atom is 0.224 e. The van der Waals surface area contributed by atoms with Crippen LogP contribution in [0, 0.1) is 5.92 Å². The number of anilines is 1. The van der Waals surface area contributed by atoms with E-state index in [1.165, 1.54) is 0 Å². The molecule has 1 aromatic rings. The van der Waals surface area contributed by atoms with Gasteiger partial charge in [0.1, 0.15) is 0 Å². The van der Waals surface area contributed by atoms with E-state index in [1.54, 1.807) is 0 Å². The molecule has 5 nitrogen and oxygen atoms in total. The molecular formula is C17H23N3O2. The molecule has 1 aromatic carbocycles. The number of hydrogen-bond acceptors (Lipinski definition) is 3. The first-order valence-electron chi connectivity index (χ1n) is 8.07. The van der Waals surface area contributed by atoms with Crippen molar-refractivity contribution in [2.75, 3.05) is 18.4 Å². The number of nitrogens with one attached hydrogen (secondary N) is 3. The SMILES string of the molecule is CC(NC(=O)C1CCNCC1)c1ccc2c(c1)CCC(=O)N2. The van der Waals surface area contributed by atoms with E-state index >= 15 is 0 Å². The molecule has 118 valence electrons. The number of carbonyl (C=O) groups is 2. The Labute approximate surface area is 130 Å². The fourth-order valence-electron chi connectivity index (χ4n) is 3.17. The zero-order valence-corrected chi connectivity index (χ0v) is 12.9. The Morgan fingerprint density at radius 3 is 2.82 bits per heavy atom. The second-order valence-electron chi connectivity index (χ2n) is 6.22. The molecule has 1 fully saturated rings. The van der Waals surface area contributed by atoms with Crippen molar-refractivity contribution in [1.82, 2.24) is 10.6 Å². The molecular weight excluding hydrogens is 278 g/mol. The fourth-order valence-corrected chi connectivity index (χ4v) is 3.17. The number of piperidine rings is 1. The van der Waals surface area contributed by atoms with Gasteiger partial charge in [-0.05, 0) is 56.5 Å². The minimum absolute atomic E-state index is 0.00897. The molecule has 0 spiro atoms. The van der Waals surface area contributed by atoms with Crippen LogP contribution in [0.5, 0.6) is 0 Å². The van der Waals surface area contributed by atoms with Crippen molar-refractivity contribution in [2.24, 2.45) is 5.92 Å². The third-order valence-corrected chi connectivity index (χ3v) is 4.59. The molecule has 5 heteroatoms. The zero-order chi connectivity index (χ0) is 15.5. The smallest absolute Gasteiger partial charge is 0.224 e. The molecule has 2 aliphatic rings. The molecule has 2 aliphatic heterocycles. The van der Waals surface area contributed by atoms with Gasteiger partial charge in [-0.15, -0.1) is 0 Å². The van der Waals surface area contributed by atoms with Crippen molar-refractivity contribution in [3.05, 3.63) is 29.3 Å². The van der Waals surface area contributed by atoms with Crippen LogP contribution in [0.4, 0.5) is 5.69 Å². The van der Waals surface area contributed by atoms with Crippen LogP contribution in [0.3, 0.4) is 0 Å². The van der Waals surface area contributed by atoms with Crippen molar-refractivity contribution in [1.29, 1.82) is 0 Å². The highest BCUT2D eigenvalue weighted by Crippen LogP contribution is 2.26. The van der Waals surface area contributed by atoms with Crippen LogP contribution < -0.4 is 16.0 Å². The lowest BCUT2D eigenvalue weighted by Crippen LogP contribution is -2.39. The number of hydrogen-bond donors (Lipinski definition) is 3. The monoisotopic (exact) mass is 301 g/mol. The second kappa shape index (κ2) is 6.48. The Morgan fingerprint density at radius 1 is 1.27 bits per heavy atom. The van der Waals surface area contributed by atoms with Crippen molar-refractivity contribution in [3.63, 3.8) is 0 Å². The summed E-state index contributed by atoms with van der Waals surface area (Å²) in [6, 6.07) is 6.01. The molecule has 2 amide bonds. The topological polar surface area (TPSA) is 70.2 Å². The van der Waals surface area contributed by atoms with Gasteiger partial charge >= 0.3 is 0 Å². The van der Waals surface area contributed by atoms with Gasteiger partial charge in [0.05, 0.1) is 6.04 Å². The lowest BCUT2D eigenvalue weighted by atomic mass is 9.95. The number of aryl methyl sites for hydroxylation is 1. The van der Waals surface area contributed by atoms with Crippen molar-refractivity contribution in [3.8, 4) is 0 Å². The summed E-state index contributed by atoms with van der Waals surface area (Å²) in [7, 11) is 0. The summed E-state index contributed by atoms with van der Waals surface area (Å²) in [6.07, 6.45) is 3.12. The van der Waals surface area contributed by atoms with Crippen LogP contribution in [0.25, 0.3) is 0 Å². The molecule has 0 aliphatic carbocycles.